The van der Waals surface area contributed by atoms with Crippen LogP contribution in [0.25, 0.3) is 0 Å². The van der Waals surface area contributed by atoms with Gasteiger partial charge in [0.25, 0.3) is 0 Å². The average Bonchev–Trinajstić information content (AvgIpc) is 2.31. The van der Waals surface area contributed by atoms with Gasteiger partial charge in [0.05, 0.1) is 0 Å². The first-order chi connectivity index (χ1) is 8.40. The number of rotatable bonds is 0. The maximum atomic E-state index is 12.8. The predicted octanol–water partition coefficient (Wildman–Crippen LogP) is 5.56. The predicted molar refractivity (Wildman–Crippen MR) is 74.2 cm³/mol. The van der Waals surface area contributed by atoms with Crippen molar-refractivity contribution in [1.29, 1.82) is 0 Å². The molecule has 0 N–H and O–H groups in total. The highest BCUT2D eigenvalue weighted by Crippen LogP contribution is 2.32. The molecule has 2 aliphatic rings. The maximum absolute atomic E-state index is 12.8. The lowest BCUT2D eigenvalue weighted by Crippen LogP contribution is -2.32. The van der Waals surface area contributed by atoms with Crippen molar-refractivity contribution in [3.05, 3.63) is 0 Å². The summed E-state index contributed by atoms with van der Waals surface area (Å²) in [5.74, 6) is 1.88. The van der Waals surface area contributed by atoms with Gasteiger partial charge in [-0.05, 0) is 30.6 Å². The zero-order valence-corrected chi connectivity index (χ0v) is 12.5. The van der Waals surface area contributed by atoms with Gasteiger partial charge in [0.2, 0.25) is 0 Å². The van der Waals surface area contributed by atoms with E-state index in [0.717, 1.165) is 11.8 Å². The minimum Gasteiger partial charge on any atom is -0.247 e. The fourth-order valence-corrected chi connectivity index (χ4v) is 2.95. The number of hydrogen-bond donors (Lipinski definition) is 0. The average molecular weight is 260 g/mol. The second kappa shape index (κ2) is 7.45. The summed E-state index contributed by atoms with van der Waals surface area (Å²) in [5.41, 5.74) is 0. The summed E-state index contributed by atoms with van der Waals surface area (Å²) in [4.78, 5) is 0. The van der Waals surface area contributed by atoms with Gasteiger partial charge in [0, 0.05) is 5.92 Å². The second-order valence-corrected chi connectivity index (χ2v) is 6.83. The first kappa shape index (κ1) is 15.9. The van der Waals surface area contributed by atoms with Gasteiger partial charge in [-0.25, -0.2) is 8.78 Å². The lowest BCUT2D eigenvalue weighted by Gasteiger charge is -2.30. The van der Waals surface area contributed by atoms with Gasteiger partial charge in [-0.2, -0.15) is 0 Å². The first-order valence-corrected chi connectivity index (χ1v) is 7.68. The Morgan fingerprint density at radius 3 is 1.28 bits per heavy atom. The highest BCUT2D eigenvalue weighted by molar-refractivity contribution is 4.82. The molecule has 0 aromatic rings. The van der Waals surface area contributed by atoms with Crippen molar-refractivity contribution in [2.24, 2.45) is 23.7 Å². The summed E-state index contributed by atoms with van der Waals surface area (Å²) in [7, 11) is 0. The molecule has 108 valence electrons. The summed E-state index contributed by atoms with van der Waals surface area (Å²) < 4.78 is 25.7. The molecule has 0 saturated heterocycles. The monoisotopic (exact) mass is 260 g/mol. The summed E-state index contributed by atoms with van der Waals surface area (Å²) >= 11 is 0. The summed E-state index contributed by atoms with van der Waals surface area (Å²) in [6, 6.07) is 0. The largest absolute Gasteiger partial charge is 0.247 e. The molecule has 0 radical (unpaired) electrons. The Hall–Kier alpha value is -0.140. The van der Waals surface area contributed by atoms with Crippen molar-refractivity contribution >= 4 is 0 Å². The lowest BCUT2D eigenvalue weighted by atomic mass is 9.81. The van der Waals surface area contributed by atoms with Crippen LogP contribution in [0, 0.1) is 23.7 Å². The molecule has 2 heteroatoms. The van der Waals surface area contributed by atoms with Crippen LogP contribution in [-0.2, 0) is 0 Å². The van der Waals surface area contributed by atoms with E-state index in [-0.39, 0.29) is 11.8 Å². The third kappa shape index (κ3) is 5.24. The van der Waals surface area contributed by atoms with Crippen LogP contribution < -0.4 is 0 Å². The van der Waals surface area contributed by atoms with Gasteiger partial charge in [-0.15, -0.1) is 0 Å². The Bertz CT molecular complexity index is 199. The van der Waals surface area contributed by atoms with Crippen LogP contribution in [0.3, 0.4) is 0 Å². The molecule has 0 heterocycles. The molecule has 2 aliphatic carbocycles. The standard InChI is InChI=1S/C8H14F2.C8H16/c1-5-3-7(9)6(2)8(10)4-5;1-7-3-5-8(2)6-4-7/h5-8H,3-4H2,1-2H3;7-8H,3-6H2,1-2H3. The van der Waals surface area contributed by atoms with Crippen molar-refractivity contribution in [2.75, 3.05) is 0 Å². The summed E-state index contributed by atoms with van der Waals surface area (Å²) in [6.07, 6.45) is 5.14. The molecule has 2 fully saturated rings. The Morgan fingerprint density at radius 1 is 0.611 bits per heavy atom. The third-order valence-corrected chi connectivity index (χ3v) is 4.70. The molecular formula is C16H30F2. The van der Waals surface area contributed by atoms with Crippen molar-refractivity contribution in [3.63, 3.8) is 0 Å². The lowest BCUT2D eigenvalue weighted by molar-refractivity contribution is 0.0603. The Morgan fingerprint density at radius 2 is 0.944 bits per heavy atom. The van der Waals surface area contributed by atoms with Gasteiger partial charge in [0.15, 0.2) is 0 Å². The molecule has 0 amide bonds. The molecule has 18 heavy (non-hydrogen) atoms. The van der Waals surface area contributed by atoms with Crippen molar-refractivity contribution in [2.45, 2.75) is 78.6 Å². The minimum absolute atomic E-state index is 0.223. The Kier molecular flexibility index (Phi) is 6.59. The molecule has 2 unspecified atom stereocenters. The van der Waals surface area contributed by atoms with E-state index in [1.807, 2.05) is 6.92 Å². The van der Waals surface area contributed by atoms with E-state index in [9.17, 15) is 8.78 Å². The number of alkyl halides is 2. The van der Waals surface area contributed by atoms with E-state index < -0.39 is 12.3 Å². The van der Waals surface area contributed by atoms with Gasteiger partial charge in [-0.3, -0.25) is 0 Å². The Labute approximate surface area is 112 Å². The summed E-state index contributed by atoms with van der Waals surface area (Å²) in [6.45, 7) is 8.30. The fraction of sp³-hybridized carbons (Fsp3) is 1.00. The Balaban J connectivity index is 0.000000184. The third-order valence-electron chi connectivity index (χ3n) is 4.70. The maximum Gasteiger partial charge on any atom is 0.106 e. The second-order valence-electron chi connectivity index (χ2n) is 6.83. The van der Waals surface area contributed by atoms with Gasteiger partial charge >= 0.3 is 0 Å². The molecule has 2 atom stereocenters. The smallest absolute Gasteiger partial charge is 0.106 e. The summed E-state index contributed by atoms with van der Waals surface area (Å²) in [5, 5.41) is 0. The van der Waals surface area contributed by atoms with Crippen LogP contribution in [-0.4, -0.2) is 12.3 Å². The SMILES string of the molecule is CC1CC(F)C(C)C(F)C1.CC1CCC(C)CC1. The van der Waals surface area contributed by atoms with Crippen LogP contribution in [0.2, 0.25) is 0 Å². The van der Waals surface area contributed by atoms with E-state index in [1.54, 1.807) is 6.92 Å². The van der Waals surface area contributed by atoms with E-state index in [4.69, 9.17) is 0 Å². The molecule has 0 aliphatic heterocycles. The van der Waals surface area contributed by atoms with Crippen LogP contribution in [0.15, 0.2) is 0 Å². The molecule has 0 aromatic heterocycles. The van der Waals surface area contributed by atoms with Crippen LogP contribution in [0.4, 0.5) is 8.78 Å². The molecule has 0 bridgehead atoms. The van der Waals surface area contributed by atoms with Crippen LogP contribution in [0.5, 0.6) is 0 Å². The molecule has 2 rings (SSSR count). The molecule has 0 aromatic carbocycles. The van der Waals surface area contributed by atoms with Crippen LogP contribution in [0.1, 0.15) is 66.2 Å². The fourth-order valence-electron chi connectivity index (χ4n) is 2.95. The van der Waals surface area contributed by atoms with E-state index in [0.29, 0.717) is 12.8 Å². The quantitative estimate of drug-likeness (QED) is 0.535. The zero-order chi connectivity index (χ0) is 13.7. The zero-order valence-electron chi connectivity index (χ0n) is 12.5. The minimum atomic E-state index is -0.918. The first-order valence-electron chi connectivity index (χ1n) is 7.68. The van der Waals surface area contributed by atoms with Gasteiger partial charge in [-0.1, -0.05) is 53.4 Å². The van der Waals surface area contributed by atoms with Crippen molar-refractivity contribution < 1.29 is 8.78 Å². The van der Waals surface area contributed by atoms with Crippen molar-refractivity contribution in [3.8, 4) is 0 Å². The van der Waals surface area contributed by atoms with E-state index in [1.165, 1.54) is 25.7 Å². The topological polar surface area (TPSA) is 0 Å². The normalized spacial score (nSPS) is 45.0. The van der Waals surface area contributed by atoms with Gasteiger partial charge < -0.3 is 0 Å². The van der Waals surface area contributed by atoms with E-state index in [2.05, 4.69) is 13.8 Å². The highest BCUT2D eigenvalue weighted by Gasteiger charge is 2.33. The number of halogens is 2. The molecular weight excluding hydrogens is 230 g/mol. The number of hydrogen-bond acceptors (Lipinski definition) is 0. The van der Waals surface area contributed by atoms with Crippen molar-refractivity contribution in [1.82, 2.24) is 0 Å². The molecule has 2 saturated carbocycles. The van der Waals surface area contributed by atoms with Gasteiger partial charge in [0.1, 0.15) is 12.3 Å². The highest BCUT2D eigenvalue weighted by atomic mass is 19.1. The molecule has 0 spiro atoms. The van der Waals surface area contributed by atoms with Crippen LogP contribution >= 0.6 is 0 Å². The van der Waals surface area contributed by atoms with E-state index >= 15 is 0 Å². The molecule has 0 nitrogen and oxygen atoms in total.